The first-order valence-electron chi connectivity index (χ1n) is 15.3. The number of nitrogens with one attached hydrogen (secondary N) is 3. The second kappa shape index (κ2) is 14.2. The van der Waals surface area contributed by atoms with Crippen molar-refractivity contribution in [2.75, 3.05) is 11.9 Å². The van der Waals surface area contributed by atoms with E-state index in [0.29, 0.717) is 12.8 Å². The number of hydrogen-bond acceptors (Lipinski definition) is 7. The number of benzene rings is 2. The quantitative estimate of drug-likeness (QED) is 0.186. The van der Waals surface area contributed by atoms with Crippen molar-refractivity contribution in [1.82, 2.24) is 25.2 Å². The first kappa shape index (κ1) is 33.5. The van der Waals surface area contributed by atoms with E-state index < -0.39 is 34.5 Å². The molecule has 240 valence electrons. The number of hydrogen-bond donors (Lipinski definition) is 3. The summed E-state index contributed by atoms with van der Waals surface area (Å²) in [6.45, 7) is 9.21. The van der Waals surface area contributed by atoms with Crippen LogP contribution >= 0.6 is 0 Å². The highest BCUT2D eigenvalue weighted by Crippen LogP contribution is 2.33. The third kappa shape index (κ3) is 7.84. The SMILES string of the molecule is CC(C)(C)ON(C=O)C(C)(C)C(=O)N[C@H](CCc1ccccc1)C(=O)Nc1cn(C(C=O)(c2ccccc2)C2CCCN2)cn1. The number of carbonyl (C=O) groups is 4. The zero-order valence-corrected chi connectivity index (χ0v) is 26.7. The number of amides is 3. The first-order chi connectivity index (χ1) is 21.4. The van der Waals surface area contributed by atoms with Gasteiger partial charge in [-0.2, -0.15) is 0 Å². The van der Waals surface area contributed by atoms with E-state index in [2.05, 4.69) is 20.9 Å². The van der Waals surface area contributed by atoms with Crippen LogP contribution in [0.3, 0.4) is 0 Å². The lowest BCUT2D eigenvalue weighted by molar-refractivity contribution is -0.247. The summed E-state index contributed by atoms with van der Waals surface area (Å²) in [6, 6.07) is 18.0. The Bertz CT molecular complexity index is 1450. The Hall–Kier alpha value is -4.35. The Morgan fingerprint density at radius 2 is 1.73 bits per heavy atom. The van der Waals surface area contributed by atoms with Gasteiger partial charge in [0.2, 0.25) is 18.2 Å². The maximum absolute atomic E-state index is 13.7. The number of imidazole rings is 1. The van der Waals surface area contributed by atoms with Crippen molar-refractivity contribution < 1.29 is 24.0 Å². The number of carbonyl (C=O) groups excluding carboxylic acids is 4. The van der Waals surface area contributed by atoms with Gasteiger partial charge in [-0.15, -0.1) is 0 Å². The molecular weight excluding hydrogens is 572 g/mol. The standard InChI is InChI=1S/C34H44N6O5/c1-32(2,3)45-40(24-42)33(4,5)31(44)37-27(19-18-25-13-8-6-9-14-25)30(43)38-29-21-39(23-36-29)34(22-41,28-17-12-20-35-28)26-15-10-7-11-16-26/h6-11,13-16,21-24,27-28,35H,12,17-20H2,1-5H3,(H,37,44)(H,38,43)/t27-,28?,34?/m1/s1. The van der Waals surface area contributed by atoms with Crippen LogP contribution in [0.1, 0.15) is 65.0 Å². The molecule has 0 bridgehead atoms. The van der Waals surface area contributed by atoms with Crippen LogP contribution in [0, 0.1) is 0 Å². The Kier molecular flexibility index (Phi) is 10.6. The molecule has 1 aromatic heterocycles. The van der Waals surface area contributed by atoms with Crippen LogP contribution in [-0.2, 0) is 36.0 Å². The molecule has 2 heterocycles. The molecule has 4 rings (SSSR count). The van der Waals surface area contributed by atoms with Crippen LogP contribution < -0.4 is 16.0 Å². The maximum Gasteiger partial charge on any atom is 0.248 e. The smallest absolute Gasteiger partial charge is 0.248 e. The Morgan fingerprint density at radius 1 is 1.07 bits per heavy atom. The summed E-state index contributed by atoms with van der Waals surface area (Å²) in [5.74, 6) is -0.803. The van der Waals surface area contributed by atoms with Gasteiger partial charge in [0.05, 0.1) is 11.9 Å². The van der Waals surface area contributed by atoms with Crippen LogP contribution in [0.15, 0.2) is 73.2 Å². The van der Waals surface area contributed by atoms with Crippen molar-refractivity contribution in [2.24, 2.45) is 0 Å². The molecule has 3 aromatic rings. The molecule has 45 heavy (non-hydrogen) atoms. The Morgan fingerprint density at radius 3 is 2.31 bits per heavy atom. The van der Waals surface area contributed by atoms with Crippen LogP contribution in [0.4, 0.5) is 5.82 Å². The third-order valence-corrected chi connectivity index (χ3v) is 8.03. The molecule has 1 fully saturated rings. The molecule has 1 aliphatic heterocycles. The van der Waals surface area contributed by atoms with E-state index in [1.807, 2.05) is 60.7 Å². The summed E-state index contributed by atoms with van der Waals surface area (Å²) in [6.07, 6.45) is 7.12. The molecule has 0 aliphatic carbocycles. The van der Waals surface area contributed by atoms with Gasteiger partial charge in [-0.3, -0.25) is 19.2 Å². The number of aldehydes is 1. The van der Waals surface area contributed by atoms with Crippen molar-refractivity contribution in [3.63, 3.8) is 0 Å². The zero-order valence-electron chi connectivity index (χ0n) is 26.7. The topological polar surface area (TPSA) is 135 Å². The average Bonchev–Trinajstić information content (AvgIpc) is 3.73. The van der Waals surface area contributed by atoms with Crippen molar-refractivity contribution in [2.45, 2.75) is 89.1 Å². The van der Waals surface area contributed by atoms with Crippen molar-refractivity contribution in [1.29, 1.82) is 0 Å². The van der Waals surface area contributed by atoms with E-state index in [1.54, 1.807) is 51.7 Å². The molecule has 1 saturated heterocycles. The summed E-state index contributed by atoms with van der Waals surface area (Å²) in [5.41, 5.74) is -1.41. The lowest BCUT2D eigenvalue weighted by Crippen LogP contribution is -2.59. The summed E-state index contributed by atoms with van der Waals surface area (Å²) in [4.78, 5) is 62.3. The fraction of sp³-hybridized carbons (Fsp3) is 0.441. The van der Waals surface area contributed by atoms with Gasteiger partial charge in [-0.05, 0) is 78.0 Å². The number of nitrogens with zero attached hydrogens (tertiary/aromatic N) is 3. The summed E-state index contributed by atoms with van der Waals surface area (Å²) >= 11 is 0. The second-order valence-corrected chi connectivity index (χ2v) is 12.9. The maximum atomic E-state index is 13.7. The second-order valence-electron chi connectivity index (χ2n) is 12.9. The Balaban J connectivity index is 1.59. The van der Waals surface area contributed by atoms with Gasteiger partial charge in [0, 0.05) is 12.2 Å². The Labute approximate surface area is 264 Å². The van der Waals surface area contributed by atoms with Crippen molar-refractivity contribution in [3.05, 3.63) is 84.3 Å². The third-order valence-electron chi connectivity index (χ3n) is 8.03. The average molecular weight is 617 g/mol. The van der Waals surface area contributed by atoms with Gasteiger partial charge >= 0.3 is 0 Å². The van der Waals surface area contributed by atoms with Crippen LogP contribution in [0.25, 0.3) is 0 Å². The fourth-order valence-corrected chi connectivity index (χ4v) is 5.53. The van der Waals surface area contributed by atoms with Gasteiger partial charge in [-0.25, -0.2) is 10.0 Å². The normalized spacial score (nSPS) is 17.1. The van der Waals surface area contributed by atoms with Gasteiger partial charge in [0.1, 0.15) is 17.1 Å². The molecule has 0 spiro atoms. The van der Waals surface area contributed by atoms with E-state index in [-0.39, 0.29) is 18.3 Å². The highest BCUT2D eigenvalue weighted by molar-refractivity contribution is 5.98. The minimum atomic E-state index is -1.42. The van der Waals surface area contributed by atoms with E-state index >= 15 is 0 Å². The van der Waals surface area contributed by atoms with E-state index in [1.165, 1.54) is 0 Å². The first-order valence-corrected chi connectivity index (χ1v) is 15.3. The van der Waals surface area contributed by atoms with Gasteiger partial charge < -0.3 is 25.3 Å². The van der Waals surface area contributed by atoms with Gasteiger partial charge in [0.15, 0.2) is 12.1 Å². The number of aryl methyl sites for hydroxylation is 1. The largest absolute Gasteiger partial charge is 0.342 e. The molecule has 3 N–H and O–H groups in total. The van der Waals surface area contributed by atoms with E-state index in [0.717, 1.165) is 41.9 Å². The highest BCUT2D eigenvalue weighted by atomic mass is 16.7. The minimum Gasteiger partial charge on any atom is -0.342 e. The fourth-order valence-electron chi connectivity index (χ4n) is 5.53. The molecule has 1 aliphatic rings. The van der Waals surface area contributed by atoms with E-state index in [9.17, 15) is 19.2 Å². The summed E-state index contributed by atoms with van der Waals surface area (Å²) < 4.78 is 1.74. The van der Waals surface area contributed by atoms with Crippen molar-refractivity contribution >= 4 is 30.3 Å². The molecule has 11 nitrogen and oxygen atoms in total. The molecule has 2 unspecified atom stereocenters. The minimum absolute atomic E-state index is 0.161. The van der Waals surface area contributed by atoms with E-state index in [4.69, 9.17) is 4.84 Å². The molecule has 11 heteroatoms. The molecule has 3 amide bonds. The molecule has 3 atom stereocenters. The number of anilines is 1. The summed E-state index contributed by atoms with van der Waals surface area (Å²) in [7, 11) is 0. The number of hydroxylamine groups is 2. The lowest BCUT2D eigenvalue weighted by atomic mass is 9.82. The van der Waals surface area contributed by atoms with Gasteiger partial charge in [0.25, 0.3) is 0 Å². The molecule has 2 aromatic carbocycles. The molecule has 0 saturated carbocycles. The van der Waals surface area contributed by atoms with Gasteiger partial charge in [-0.1, -0.05) is 60.7 Å². The van der Waals surface area contributed by atoms with Crippen LogP contribution in [0.5, 0.6) is 0 Å². The summed E-state index contributed by atoms with van der Waals surface area (Å²) in [5, 5.41) is 10.1. The zero-order chi connectivity index (χ0) is 32.7. The lowest BCUT2D eigenvalue weighted by Gasteiger charge is -2.37. The number of aromatic nitrogens is 2. The monoisotopic (exact) mass is 616 g/mol. The van der Waals surface area contributed by atoms with Crippen LogP contribution in [-0.4, -0.2) is 68.9 Å². The molecular formula is C34H44N6O5. The van der Waals surface area contributed by atoms with Crippen LogP contribution in [0.2, 0.25) is 0 Å². The highest BCUT2D eigenvalue weighted by Gasteiger charge is 2.44. The number of rotatable bonds is 14. The molecule has 0 radical (unpaired) electrons. The predicted octanol–water partition coefficient (Wildman–Crippen LogP) is 3.60. The van der Waals surface area contributed by atoms with Crippen molar-refractivity contribution in [3.8, 4) is 0 Å². The predicted molar refractivity (Wildman–Crippen MR) is 171 cm³/mol.